The molecule has 0 aliphatic rings. The summed E-state index contributed by atoms with van der Waals surface area (Å²) in [4.78, 5) is 4.20. The van der Waals surface area contributed by atoms with E-state index in [0.717, 1.165) is 30.2 Å². The first-order valence-corrected chi connectivity index (χ1v) is 7.95. The average molecular weight is 457 g/mol. The van der Waals surface area contributed by atoms with Crippen LogP contribution in [0.2, 0.25) is 0 Å². The lowest BCUT2D eigenvalue weighted by atomic mass is 10.1. The molecule has 0 amide bonds. The molecule has 0 fully saturated rings. The van der Waals surface area contributed by atoms with Crippen LogP contribution in [0.25, 0.3) is 0 Å². The van der Waals surface area contributed by atoms with E-state index in [1.807, 2.05) is 18.2 Å². The van der Waals surface area contributed by atoms with Crippen molar-refractivity contribution in [2.75, 3.05) is 20.7 Å². The van der Waals surface area contributed by atoms with E-state index in [1.54, 1.807) is 27.1 Å². The Morgan fingerprint density at radius 3 is 2.36 bits per heavy atom. The zero-order valence-corrected chi connectivity index (χ0v) is 17.1. The second-order valence-corrected chi connectivity index (χ2v) is 5.53. The van der Waals surface area contributed by atoms with Crippen LogP contribution in [-0.2, 0) is 13.0 Å². The highest BCUT2D eigenvalue weighted by Crippen LogP contribution is 2.11. The van der Waals surface area contributed by atoms with Crippen molar-refractivity contribution in [1.29, 1.82) is 0 Å². The second-order valence-electron chi connectivity index (χ2n) is 5.53. The molecule has 4 nitrogen and oxygen atoms in total. The Hall–Kier alpha value is -1.83. The minimum Gasteiger partial charge on any atom is -0.497 e. The van der Waals surface area contributed by atoms with Crippen molar-refractivity contribution in [2.45, 2.75) is 19.9 Å². The van der Waals surface area contributed by atoms with Crippen LogP contribution in [0.4, 0.5) is 4.39 Å². The lowest BCUT2D eigenvalue weighted by molar-refractivity contribution is 0.414. The first-order chi connectivity index (χ1) is 11.6. The summed E-state index contributed by atoms with van der Waals surface area (Å²) < 4.78 is 18.4. The highest BCUT2D eigenvalue weighted by atomic mass is 127. The fraction of sp³-hybridized carbons (Fsp3) is 0.316. The molecular weight excluding hydrogens is 432 g/mol. The van der Waals surface area contributed by atoms with E-state index in [-0.39, 0.29) is 29.8 Å². The lowest BCUT2D eigenvalue weighted by Gasteiger charge is -2.12. The zero-order chi connectivity index (χ0) is 17.4. The number of ether oxygens (including phenoxy) is 1. The molecule has 0 bridgehead atoms. The fourth-order valence-corrected chi connectivity index (χ4v) is 2.34. The van der Waals surface area contributed by atoms with Gasteiger partial charge in [-0.3, -0.25) is 4.99 Å². The Balaban J connectivity index is 0.00000312. The number of aliphatic imine (C=N–C) groups is 1. The van der Waals surface area contributed by atoms with E-state index in [9.17, 15) is 4.39 Å². The largest absolute Gasteiger partial charge is 0.497 e. The monoisotopic (exact) mass is 457 g/mol. The molecule has 25 heavy (non-hydrogen) atoms. The van der Waals surface area contributed by atoms with Gasteiger partial charge in [-0.05, 0) is 48.2 Å². The van der Waals surface area contributed by atoms with Gasteiger partial charge >= 0.3 is 0 Å². The minimum atomic E-state index is -0.180. The average Bonchev–Trinajstić information content (AvgIpc) is 2.61. The Labute approximate surface area is 165 Å². The smallest absolute Gasteiger partial charge is 0.191 e. The van der Waals surface area contributed by atoms with Gasteiger partial charge in [0.2, 0.25) is 0 Å². The molecular formula is C19H25FIN3O. The summed E-state index contributed by atoms with van der Waals surface area (Å²) in [5.74, 6) is 1.41. The molecule has 2 aromatic carbocycles. The number of methoxy groups -OCH3 is 1. The predicted octanol–water partition coefficient (Wildman–Crippen LogP) is 3.67. The minimum absolute atomic E-state index is 0. The van der Waals surface area contributed by atoms with Crippen LogP contribution in [-0.4, -0.2) is 26.7 Å². The van der Waals surface area contributed by atoms with E-state index in [0.29, 0.717) is 12.1 Å². The van der Waals surface area contributed by atoms with Crippen molar-refractivity contribution in [3.8, 4) is 5.75 Å². The molecule has 0 atom stereocenters. The third-order valence-corrected chi connectivity index (χ3v) is 3.77. The van der Waals surface area contributed by atoms with Gasteiger partial charge in [0.15, 0.2) is 5.96 Å². The summed E-state index contributed by atoms with van der Waals surface area (Å²) in [6, 6.07) is 13.1. The third-order valence-electron chi connectivity index (χ3n) is 3.77. The maximum absolute atomic E-state index is 13.3. The van der Waals surface area contributed by atoms with Crippen LogP contribution in [0.15, 0.2) is 47.5 Å². The second kappa shape index (κ2) is 10.9. The van der Waals surface area contributed by atoms with Gasteiger partial charge in [-0.25, -0.2) is 4.39 Å². The van der Waals surface area contributed by atoms with Crippen LogP contribution in [0, 0.1) is 12.7 Å². The maximum Gasteiger partial charge on any atom is 0.191 e. The van der Waals surface area contributed by atoms with Gasteiger partial charge in [-0.2, -0.15) is 0 Å². The number of nitrogens with zero attached hydrogens (tertiary/aromatic N) is 1. The molecule has 0 aliphatic carbocycles. The number of hydrogen-bond donors (Lipinski definition) is 2. The predicted molar refractivity (Wildman–Crippen MR) is 111 cm³/mol. The zero-order valence-electron chi connectivity index (χ0n) is 14.8. The van der Waals surface area contributed by atoms with Crippen LogP contribution in [0.3, 0.4) is 0 Å². The Morgan fingerprint density at radius 1 is 1.08 bits per heavy atom. The standard InChI is InChI=1S/C19H24FN3O.HI/c1-14-12-16(6-9-18(14)20)13-23-19(21-2)22-11-10-15-4-7-17(24-3)8-5-15;/h4-9,12H,10-11,13H2,1-3H3,(H2,21,22,23);1H. The summed E-state index contributed by atoms with van der Waals surface area (Å²) in [6.07, 6.45) is 0.889. The van der Waals surface area contributed by atoms with Gasteiger partial charge in [0, 0.05) is 20.1 Å². The molecule has 0 saturated carbocycles. The molecule has 0 unspecified atom stereocenters. The Morgan fingerprint density at radius 2 is 1.76 bits per heavy atom. The molecule has 2 N–H and O–H groups in total. The molecule has 6 heteroatoms. The van der Waals surface area contributed by atoms with Gasteiger partial charge in [-0.1, -0.05) is 24.3 Å². The number of halogens is 2. The molecule has 0 saturated heterocycles. The van der Waals surface area contributed by atoms with Crippen molar-refractivity contribution in [3.63, 3.8) is 0 Å². The van der Waals surface area contributed by atoms with Gasteiger partial charge in [0.05, 0.1) is 7.11 Å². The lowest BCUT2D eigenvalue weighted by Crippen LogP contribution is -2.37. The van der Waals surface area contributed by atoms with Gasteiger partial charge in [0.1, 0.15) is 11.6 Å². The van der Waals surface area contributed by atoms with Gasteiger partial charge < -0.3 is 15.4 Å². The molecule has 2 aromatic rings. The molecule has 0 aromatic heterocycles. The van der Waals surface area contributed by atoms with Crippen LogP contribution in [0.5, 0.6) is 5.75 Å². The van der Waals surface area contributed by atoms with Crippen LogP contribution >= 0.6 is 24.0 Å². The normalized spacial score (nSPS) is 10.8. The number of rotatable bonds is 6. The maximum atomic E-state index is 13.3. The first kappa shape index (κ1) is 21.2. The van der Waals surface area contributed by atoms with Crippen molar-refractivity contribution < 1.29 is 9.13 Å². The topological polar surface area (TPSA) is 45.7 Å². The quantitative estimate of drug-likeness (QED) is 0.396. The van der Waals surface area contributed by atoms with Crippen LogP contribution < -0.4 is 15.4 Å². The Bertz CT molecular complexity index is 690. The number of nitrogens with one attached hydrogen (secondary N) is 2. The number of guanidine groups is 1. The van der Waals surface area contributed by atoms with E-state index < -0.39 is 0 Å². The molecule has 0 radical (unpaired) electrons. The van der Waals surface area contributed by atoms with Gasteiger partial charge in [-0.15, -0.1) is 24.0 Å². The van der Waals surface area contributed by atoms with E-state index in [2.05, 4.69) is 27.8 Å². The summed E-state index contributed by atoms with van der Waals surface area (Å²) in [6.45, 7) is 3.14. The third kappa shape index (κ3) is 6.89. The molecule has 136 valence electrons. The molecule has 2 rings (SSSR count). The van der Waals surface area contributed by atoms with Crippen molar-refractivity contribution in [1.82, 2.24) is 10.6 Å². The fourth-order valence-electron chi connectivity index (χ4n) is 2.34. The Kier molecular flexibility index (Phi) is 9.26. The van der Waals surface area contributed by atoms with Crippen molar-refractivity contribution >= 4 is 29.9 Å². The van der Waals surface area contributed by atoms with Gasteiger partial charge in [0.25, 0.3) is 0 Å². The molecule has 0 spiro atoms. The number of hydrogen-bond acceptors (Lipinski definition) is 2. The highest BCUT2D eigenvalue weighted by Gasteiger charge is 2.02. The summed E-state index contributed by atoms with van der Waals surface area (Å²) in [5, 5.41) is 6.51. The van der Waals surface area contributed by atoms with Crippen LogP contribution in [0.1, 0.15) is 16.7 Å². The molecule has 0 aliphatic heterocycles. The molecule has 0 heterocycles. The first-order valence-electron chi connectivity index (χ1n) is 7.95. The highest BCUT2D eigenvalue weighted by molar-refractivity contribution is 14.0. The number of aryl methyl sites for hydroxylation is 1. The van der Waals surface area contributed by atoms with E-state index in [4.69, 9.17) is 4.74 Å². The summed E-state index contributed by atoms with van der Waals surface area (Å²) >= 11 is 0. The SMILES string of the molecule is CN=C(NCCc1ccc(OC)cc1)NCc1ccc(F)c(C)c1.I. The van der Waals surface area contributed by atoms with Crippen molar-refractivity contribution in [3.05, 3.63) is 65.0 Å². The van der Waals surface area contributed by atoms with E-state index >= 15 is 0 Å². The number of benzene rings is 2. The van der Waals surface area contributed by atoms with E-state index in [1.165, 1.54) is 11.6 Å². The summed E-state index contributed by atoms with van der Waals surface area (Å²) in [7, 11) is 3.40. The van der Waals surface area contributed by atoms with Crippen molar-refractivity contribution in [2.24, 2.45) is 4.99 Å². The summed E-state index contributed by atoms with van der Waals surface area (Å²) in [5.41, 5.74) is 2.90.